The lowest BCUT2D eigenvalue weighted by Gasteiger charge is -2.16. The third-order valence-corrected chi connectivity index (χ3v) is 4.70. The fourth-order valence-corrected chi connectivity index (χ4v) is 3.62. The Kier molecular flexibility index (Phi) is 3.76. The lowest BCUT2D eigenvalue weighted by atomic mass is 9.90. The Morgan fingerprint density at radius 2 is 1.55 bits per heavy atom. The molecule has 0 N–H and O–H groups in total. The molecule has 0 fully saturated rings. The number of fused-ring (bicyclic) bond motifs is 3. The first-order valence-corrected chi connectivity index (χ1v) is 8.00. The van der Waals surface area contributed by atoms with Gasteiger partial charge in [0.15, 0.2) is 0 Å². The van der Waals surface area contributed by atoms with E-state index in [0.717, 1.165) is 0 Å². The van der Waals surface area contributed by atoms with Gasteiger partial charge < -0.3 is 0 Å². The third-order valence-electron chi connectivity index (χ3n) is 4.22. The monoisotopic (exact) mass is 280 g/mol. The van der Waals surface area contributed by atoms with E-state index in [4.69, 9.17) is 0 Å². The van der Waals surface area contributed by atoms with Crippen molar-refractivity contribution in [1.29, 1.82) is 0 Å². The Morgan fingerprint density at radius 3 is 2.30 bits per heavy atom. The van der Waals surface area contributed by atoms with Crippen LogP contribution in [0.25, 0.3) is 21.5 Å². The molecule has 2 unspecified atom stereocenters. The van der Waals surface area contributed by atoms with E-state index in [1.807, 2.05) is 0 Å². The molecule has 3 rings (SSSR count). The van der Waals surface area contributed by atoms with Gasteiger partial charge in [0.1, 0.15) is 0 Å². The van der Waals surface area contributed by atoms with E-state index in [-0.39, 0.29) is 0 Å². The summed E-state index contributed by atoms with van der Waals surface area (Å²) in [6, 6.07) is 17.8. The molecule has 0 aliphatic carbocycles. The highest BCUT2D eigenvalue weighted by molar-refractivity contribution is 7.28. The summed E-state index contributed by atoms with van der Waals surface area (Å²) in [5.74, 6) is 0.620. The smallest absolute Gasteiger partial charge is 0.00991 e. The van der Waals surface area contributed by atoms with Gasteiger partial charge in [-0.2, -0.15) is 0 Å². The molecule has 0 aliphatic rings. The summed E-state index contributed by atoms with van der Waals surface area (Å²) in [5, 5.41) is 6.79. The normalized spacial score (nSPS) is 12.9. The van der Waals surface area contributed by atoms with Crippen LogP contribution in [0.1, 0.15) is 38.2 Å². The Bertz CT molecular complexity index is 758. The molecule has 0 radical (unpaired) electrons. The average molecular weight is 280 g/mol. The topological polar surface area (TPSA) is 0 Å². The lowest BCUT2D eigenvalue weighted by Crippen LogP contribution is -1.99. The van der Waals surface area contributed by atoms with Crippen molar-refractivity contribution >= 4 is 36.1 Å². The molecular weight excluding hydrogens is 259 g/mol. The zero-order chi connectivity index (χ0) is 14.1. The van der Waals surface area contributed by atoms with E-state index in [9.17, 15) is 0 Å². The van der Waals surface area contributed by atoms with Crippen molar-refractivity contribution in [3.05, 3.63) is 54.1 Å². The second-order valence-electron chi connectivity index (χ2n) is 5.64. The Labute approximate surface area is 123 Å². The molecule has 0 saturated heterocycles. The van der Waals surface area contributed by atoms with Gasteiger partial charge in [0.05, 0.1) is 0 Å². The van der Waals surface area contributed by atoms with E-state index in [2.05, 4.69) is 71.6 Å². The largest absolute Gasteiger partial charge is 0.105 e. The van der Waals surface area contributed by atoms with E-state index >= 15 is 0 Å². The highest BCUT2D eigenvalue weighted by atomic mass is 31.0. The van der Waals surface area contributed by atoms with Crippen LogP contribution in [0.5, 0.6) is 0 Å². The van der Waals surface area contributed by atoms with Gasteiger partial charge in [-0.15, -0.1) is 9.24 Å². The molecule has 0 saturated carbocycles. The summed E-state index contributed by atoms with van der Waals surface area (Å²) >= 11 is 0. The van der Waals surface area contributed by atoms with Gasteiger partial charge in [0.25, 0.3) is 0 Å². The average Bonchev–Trinajstić information content (AvgIpc) is 2.47. The van der Waals surface area contributed by atoms with Crippen LogP contribution in [0.2, 0.25) is 0 Å². The maximum atomic E-state index is 2.90. The van der Waals surface area contributed by atoms with Crippen LogP contribution in [0.15, 0.2) is 48.5 Å². The van der Waals surface area contributed by atoms with Crippen molar-refractivity contribution in [1.82, 2.24) is 0 Å². The number of benzene rings is 3. The van der Waals surface area contributed by atoms with E-state index in [0.29, 0.717) is 5.92 Å². The standard InChI is InChI=1S/C19H21P/c1-3-7-13(2)14-10-6-11-16-15-8-4-5-9-17(15)19(20)12-18(14)16/h4-6,8-13H,3,7,20H2,1-2H3. The second kappa shape index (κ2) is 5.54. The number of hydrogen-bond acceptors (Lipinski definition) is 0. The summed E-state index contributed by atoms with van der Waals surface area (Å²) < 4.78 is 0. The predicted molar refractivity (Wildman–Crippen MR) is 94.1 cm³/mol. The fraction of sp³-hybridized carbons (Fsp3) is 0.263. The molecule has 0 amide bonds. The van der Waals surface area contributed by atoms with Gasteiger partial charge in [-0.1, -0.05) is 62.7 Å². The first-order valence-electron chi connectivity index (χ1n) is 7.42. The van der Waals surface area contributed by atoms with Crippen molar-refractivity contribution in [2.24, 2.45) is 0 Å². The quantitative estimate of drug-likeness (QED) is 0.445. The van der Waals surface area contributed by atoms with Gasteiger partial charge in [-0.3, -0.25) is 0 Å². The van der Waals surface area contributed by atoms with E-state index < -0.39 is 0 Å². The first kappa shape index (κ1) is 13.6. The predicted octanol–water partition coefficient (Wildman–Crippen LogP) is 5.40. The summed E-state index contributed by atoms with van der Waals surface area (Å²) in [7, 11) is 2.90. The molecule has 102 valence electrons. The van der Waals surface area contributed by atoms with Crippen molar-refractivity contribution in [2.75, 3.05) is 0 Å². The molecule has 0 heterocycles. The van der Waals surface area contributed by atoms with Crippen molar-refractivity contribution in [3.63, 3.8) is 0 Å². The third kappa shape index (κ3) is 2.23. The van der Waals surface area contributed by atoms with Crippen LogP contribution < -0.4 is 5.30 Å². The molecular formula is C19H21P. The zero-order valence-electron chi connectivity index (χ0n) is 12.2. The minimum Gasteiger partial charge on any atom is -0.105 e. The van der Waals surface area contributed by atoms with Gasteiger partial charge in [-0.25, -0.2) is 0 Å². The van der Waals surface area contributed by atoms with E-state index in [1.54, 1.807) is 0 Å². The fourth-order valence-electron chi connectivity index (χ4n) is 3.20. The maximum Gasteiger partial charge on any atom is -0.00991 e. The van der Waals surface area contributed by atoms with Gasteiger partial charge in [-0.05, 0) is 50.8 Å². The molecule has 3 aromatic carbocycles. The van der Waals surface area contributed by atoms with Crippen LogP contribution in [0, 0.1) is 0 Å². The first-order chi connectivity index (χ1) is 9.72. The molecule has 0 aromatic heterocycles. The Hall–Kier alpha value is -1.39. The van der Waals surface area contributed by atoms with Crippen LogP contribution >= 0.6 is 9.24 Å². The summed E-state index contributed by atoms with van der Waals surface area (Å²) in [5.41, 5.74) is 1.49. The van der Waals surface area contributed by atoms with Crippen molar-refractivity contribution in [2.45, 2.75) is 32.6 Å². The second-order valence-corrected chi connectivity index (χ2v) is 6.27. The molecule has 0 aliphatic heterocycles. The number of hydrogen-bond donors (Lipinski definition) is 0. The van der Waals surface area contributed by atoms with Gasteiger partial charge >= 0.3 is 0 Å². The Balaban J connectivity index is 2.35. The summed E-state index contributed by atoms with van der Waals surface area (Å²) in [4.78, 5) is 0. The molecule has 1 heteroatoms. The zero-order valence-corrected chi connectivity index (χ0v) is 13.3. The van der Waals surface area contributed by atoms with Gasteiger partial charge in [0.2, 0.25) is 0 Å². The minimum absolute atomic E-state index is 0.620. The lowest BCUT2D eigenvalue weighted by molar-refractivity contribution is 0.669. The highest BCUT2D eigenvalue weighted by Gasteiger charge is 2.11. The summed E-state index contributed by atoms with van der Waals surface area (Å²) in [6.07, 6.45) is 2.48. The number of rotatable bonds is 3. The van der Waals surface area contributed by atoms with E-state index in [1.165, 1.54) is 45.3 Å². The van der Waals surface area contributed by atoms with Crippen molar-refractivity contribution in [3.8, 4) is 0 Å². The van der Waals surface area contributed by atoms with Crippen LogP contribution in [0.3, 0.4) is 0 Å². The molecule has 2 atom stereocenters. The SMILES string of the molecule is CCCC(C)c1cccc2c1cc(P)c1ccccc12. The maximum absolute atomic E-state index is 2.90. The molecule has 0 bridgehead atoms. The van der Waals surface area contributed by atoms with Gasteiger partial charge in [0, 0.05) is 0 Å². The van der Waals surface area contributed by atoms with Crippen LogP contribution in [-0.4, -0.2) is 0 Å². The van der Waals surface area contributed by atoms with Crippen molar-refractivity contribution < 1.29 is 0 Å². The molecule has 0 spiro atoms. The van der Waals surface area contributed by atoms with Crippen LogP contribution in [-0.2, 0) is 0 Å². The highest BCUT2D eigenvalue weighted by Crippen LogP contribution is 2.32. The molecule has 0 nitrogen and oxygen atoms in total. The summed E-state index contributed by atoms with van der Waals surface area (Å²) in [6.45, 7) is 4.61. The molecule has 20 heavy (non-hydrogen) atoms. The van der Waals surface area contributed by atoms with Crippen LogP contribution in [0.4, 0.5) is 0 Å². The minimum atomic E-state index is 0.620. The molecule has 3 aromatic rings. The Morgan fingerprint density at radius 1 is 0.900 bits per heavy atom.